The first-order valence-electron chi connectivity index (χ1n) is 11.2. The maximum absolute atomic E-state index is 14.6. The van der Waals surface area contributed by atoms with E-state index in [-0.39, 0.29) is 11.7 Å². The predicted octanol–water partition coefficient (Wildman–Crippen LogP) is 6.55. The molecule has 0 radical (unpaired) electrons. The van der Waals surface area contributed by atoms with Gasteiger partial charge in [-0.3, -0.25) is 4.68 Å². The summed E-state index contributed by atoms with van der Waals surface area (Å²) in [6, 6.07) is 6.93. The van der Waals surface area contributed by atoms with E-state index in [0.717, 1.165) is 50.4 Å². The van der Waals surface area contributed by atoms with Gasteiger partial charge in [0.25, 0.3) is 0 Å². The highest BCUT2D eigenvalue weighted by atomic mass is 32.2. The van der Waals surface area contributed by atoms with Crippen molar-refractivity contribution in [2.24, 2.45) is 7.05 Å². The quantitative estimate of drug-likeness (QED) is 0.167. The van der Waals surface area contributed by atoms with Crippen molar-refractivity contribution in [1.82, 2.24) is 24.7 Å². The number of rotatable bonds is 11. The SMILES string of the molecule is CSCCCNc1nccc(-c2sc(C(C)C)nc2-c2ccc(F)c(NSc3cnn(C)c3)c2)n1. The van der Waals surface area contributed by atoms with Crippen LogP contribution in [-0.4, -0.2) is 43.3 Å². The van der Waals surface area contributed by atoms with Gasteiger partial charge in [0.15, 0.2) is 0 Å². The summed E-state index contributed by atoms with van der Waals surface area (Å²) in [5, 5.41) is 8.47. The zero-order chi connectivity index (χ0) is 24.8. The molecule has 1 aromatic carbocycles. The Kier molecular flexibility index (Phi) is 8.64. The van der Waals surface area contributed by atoms with Crippen LogP contribution in [0.3, 0.4) is 0 Å². The number of halogens is 1. The monoisotopic (exact) mass is 529 g/mol. The minimum absolute atomic E-state index is 0.262. The summed E-state index contributed by atoms with van der Waals surface area (Å²) in [6.07, 6.45) is 8.51. The summed E-state index contributed by atoms with van der Waals surface area (Å²) < 4.78 is 19.4. The van der Waals surface area contributed by atoms with E-state index in [1.165, 1.54) is 18.0 Å². The lowest BCUT2D eigenvalue weighted by atomic mass is 10.1. The number of anilines is 2. The Morgan fingerprint density at radius 2 is 2.06 bits per heavy atom. The molecule has 0 saturated heterocycles. The van der Waals surface area contributed by atoms with Crippen LogP contribution >= 0.6 is 35.0 Å². The molecule has 2 N–H and O–H groups in total. The van der Waals surface area contributed by atoms with E-state index in [4.69, 9.17) is 9.97 Å². The summed E-state index contributed by atoms with van der Waals surface area (Å²) in [6.45, 7) is 5.05. The van der Waals surface area contributed by atoms with Crippen LogP contribution in [-0.2, 0) is 7.05 Å². The molecule has 11 heteroatoms. The molecule has 0 aliphatic carbocycles. The van der Waals surface area contributed by atoms with Crippen molar-refractivity contribution in [3.63, 3.8) is 0 Å². The Morgan fingerprint density at radius 1 is 1.20 bits per heavy atom. The average Bonchev–Trinajstić information content (AvgIpc) is 3.48. The van der Waals surface area contributed by atoms with E-state index in [2.05, 4.69) is 40.2 Å². The van der Waals surface area contributed by atoms with Gasteiger partial charge in [0.2, 0.25) is 5.95 Å². The van der Waals surface area contributed by atoms with Gasteiger partial charge >= 0.3 is 0 Å². The normalized spacial score (nSPS) is 11.3. The second kappa shape index (κ2) is 11.9. The fourth-order valence-electron chi connectivity index (χ4n) is 3.26. The van der Waals surface area contributed by atoms with Crippen molar-refractivity contribution in [3.05, 3.63) is 53.7 Å². The number of benzene rings is 1. The zero-order valence-corrected chi connectivity index (χ0v) is 22.5. The number of nitrogens with zero attached hydrogens (tertiary/aromatic N) is 5. The smallest absolute Gasteiger partial charge is 0.223 e. The van der Waals surface area contributed by atoms with Gasteiger partial charge in [0.05, 0.1) is 38.1 Å². The lowest BCUT2D eigenvalue weighted by Crippen LogP contribution is -2.06. The third-order valence-corrected chi connectivity index (χ3v) is 7.88. The van der Waals surface area contributed by atoms with Gasteiger partial charge in [-0.25, -0.2) is 19.3 Å². The number of thioether (sulfide) groups is 1. The van der Waals surface area contributed by atoms with Crippen LogP contribution in [0.15, 0.2) is 47.8 Å². The molecule has 0 bridgehead atoms. The standard InChI is InChI=1S/C24H28FN7S3/c1-15(2)23-30-21(22(34-23)19-8-10-27-24(29-19)26-9-5-11-33-4)16-6-7-18(25)20(12-16)31-35-17-13-28-32(3)14-17/h6-8,10,12-15,31H,5,9,11H2,1-4H3,(H,26,27,29). The minimum Gasteiger partial charge on any atom is -0.354 e. The Balaban J connectivity index is 1.64. The average molecular weight is 530 g/mol. The molecule has 35 heavy (non-hydrogen) atoms. The zero-order valence-electron chi connectivity index (χ0n) is 20.1. The molecule has 0 aliphatic heterocycles. The molecule has 0 atom stereocenters. The van der Waals surface area contributed by atoms with Gasteiger partial charge in [0.1, 0.15) is 5.82 Å². The maximum Gasteiger partial charge on any atom is 0.223 e. The maximum atomic E-state index is 14.6. The van der Waals surface area contributed by atoms with E-state index in [9.17, 15) is 4.39 Å². The fraction of sp³-hybridized carbons (Fsp3) is 0.333. The van der Waals surface area contributed by atoms with Gasteiger partial charge in [-0.2, -0.15) is 16.9 Å². The molecule has 0 amide bonds. The van der Waals surface area contributed by atoms with Crippen LogP contribution in [0.4, 0.5) is 16.0 Å². The first-order chi connectivity index (χ1) is 16.9. The van der Waals surface area contributed by atoms with Gasteiger partial charge < -0.3 is 10.0 Å². The van der Waals surface area contributed by atoms with Gasteiger partial charge in [-0.15, -0.1) is 11.3 Å². The molecular weight excluding hydrogens is 502 g/mol. The van der Waals surface area contributed by atoms with E-state index in [1.807, 2.05) is 31.1 Å². The molecule has 0 unspecified atom stereocenters. The van der Waals surface area contributed by atoms with E-state index < -0.39 is 0 Å². The number of hydrogen-bond donors (Lipinski definition) is 2. The van der Waals surface area contributed by atoms with Crippen LogP contribution in [0.25, 0.3) is 21.8 Å². The summed E-state index contributed by atoms with van der Waals surface area (Å²) in [5.41, 5.74) is 2.81. The third kappa shape index (κ3) is 6.53. The van der Waals surface area contributed by atoms with Crippen LogP contribution < -0.4 is 10.0 Å². The largest absolute Gasteiger partial charge is 0.354 e. The Bertz CT molecular complexity index is 1270. The van der Waals surface area contributed by atoms with E-state index in [0.29, 0.717) is 11.6 Å². The molecule has 184 valence electrons. The van der Waals surface area contributed by atoms with Crippen LogP contribution in [0, 0.1) is 5.82 Å². The number of thiazole rings is 1. The van der Waals surface area contributed by atoms with Crippen molar-refractivity contribution in [2.75, 3.05) is 28.6 Å². The van der Waals surface area contributed by atoms with Gasteiger partial charge in [0, 0.05) is 37.5 Å². The predicted molar refractivity (Wildman–Crippen MR) is 147 cm³/mol. The van der Waals surface area contributed by atoms with Crippen molar-refractivity contribution in [1.29, 1.82) is 0 Å². The van der Waals surface area contributed by atoms with Crippen molar-refractivity contribution < 1.29 is 4.39 Å². The molecule has 0 aliphatic rings. The molecule has 0 saturated carbocycles. The van der Waals surface area contributed by atoms with E-state index >= 15 is 0 Å². The lowest BCUT2D eigenvalue weighted by molar-refractivity contribution is 0.633. The lowest BCUT2D eigenvalue weighted by Gasteiger charge is -2.09. The van der Waals surface area contributed by atoms with Crippen molar-refractivity contribution in [3.8, 4) is 21.8 Å². The van der Waals surface area contributed by atoms with Crippen LogP contribution in [0.1, 0.15) is 31.2 Å². The fourth-order valence-corrected chi connectivity index (χ4v) is 5.44. The number of aromatic nitrogens is 5. The summed E-state index contributed by atoms with van der Waals surface area (Å²) >= 11 is 4.75. The van der Waals surface area contributed by atoms with Gasteiger partial charge in [-0.1, -0.05) is 13.8 Å². The van der Waals surface area contributed by atoms with E-state index in [1.54, 1.807) is 40.5 Å². The molecular formula is C24H28FN7S3. The minimum atomic E-state index is -0.329. The summed E-state index contributed by atoms with van der Waals surface area (Å²) in [4.78, 5) is 15.9. The van der Waals surface area contributed by atoms with Crippen molar-refractivity contribution >= 4 is 46.7 Å². The van der Waals surface area contributed by atoms with Crippen LogP contribution in [0.5, 0.6) is 0 Å². The molecule has 0 fully saturated rings. The third-order valence-electron chi connectivity index (χ3n) is 5.03. The Morgan fingerprint density at radius 3 is 2.80 bits per heavy atom. The van der Waals surface area contributed by atoms with Crippen LogP contribution in [0.2, 0.25) is 0 Å². The molecule has 3 aromatic heterocycles. The highest BCUT2D eigenvalue weighted by molar-refractivity contribution is 8.00. The number of hydrogen-bond acceptors (Lipinski definition) is 9. The molecule has 4 aromatic rings. The topological polar surface area (TPSA) is 80.5 Å². The highest BCUT2D eigenvalue weighted by Gasteiger charge is 2.19. The van der Waals surface area contributed by atoms with Gasteiger partial charge in [-0.05, 0) is 54.6 Å². The second-order valence-electron chi connectivity index (χ2n) is 8.17. The van der Waals surface area contributed by atoms with Crippen molar-refractivity contribution in [2.45, 2.75) is 31.1 Å². The molecule has 4 rings (SSSR count). The highest BCUT2D eigenvalue weighted by Crippen LogP contribution is 2.39. The first-order valence-corrected chi connectivity index (χ1v) is 14.3. The summed E-state index contributed by atoms with van der Waals surface area (Å²) in [5.74, 6) is 1.62. The Hall–Kier alpha value is -2.63. The number of aryl methyl sites for hydroxylation is 1. The summed E-state index contributed by atoms with van der Waals surface area (Å²) in [7, 11) is 1.85. The second-order valence-corrected chi connectivity index (χ2v) is 11.1. The molecule has 7 nitrogen and oxygen atoms in total. The molecule has 0 spiro atoms. The molecule has 3 heterocycles. The first kappa shape index (κ1) is 25.5. The number of nitrogens with one attached hydrogen (secondary N) is 2. The Labute approximate surface area is 217 Å².